The molecule has 0 aliphatic rings. The molecule has 0 radical (unpaired) electrons. The molecule has 0 unspecified atom stereocenters. The van der Waals surface area contributed by atoms with Crippen LogP contribution in [-0.2, 0) is 13.1 Å². The van der Waals surface area contributed by atoms with Gasteiger partial charge in [-0.3, -0.25) is 9.36 Å². The second-order valence-corrected chi connectivity index (χ2v) is 3.79. The van der Waals surface area contributed by atoms with Crippen LogP contribution < -0.4 is 11.2 Å². The van der Waals surface area contributed by atoms with E-state index >= 15 is 0 Å². The lowest BCUT2D eigenvalue weighted by atomic mass is 10.2. The number of hydrogen-bond acceptors (Lipinski definition) is 2. The molecule has 4 nitrogen and oxygen atoms in total. The molecule has 2 rings (SSSR count). The second-order valence-electron chi connectivity index (χ2n) is 3.79. The van der Waals surface area contributed by atoms with E-state index in [2.05, 4.69) is 0 Å². The van der Waals surface area contributed by atoms with Gasteiger partial charge in [-0.05, 0) is 12.5 Å². The Hall–Kier alpha value is -2.10. The van der Waals surface area contributed by atoms with Crippen molar-refractivity contribution in [2.24, 2.45) is 0 Å². The van der Waals surface area contributed by atoms with Crippen LogP contribution in [0, 0.1) is 0 Å². The normalized spacial score (nSPS) is 10.4. The van der Waals surface area contributed by atoms with Crippen LogP contribution in [0.4, 0.5) is 0 Å². The molecule has 88 valence electrons. The molecular formula is C13H14N2O2. The Balaban J connectivity index is 2.46. The maximum absolute atomic E-state index is 12.0. The van der Waals surface area contributed by atoms with E-state index in [0.29, 0.717) is 13.1 Å². The van der Waals surface area contributed by atoms with Gasteiger partial charge in [0.2, 0.25) is 0 Å². The van der Waals surface area contributed by atoms with Gasteiger partial charge in [-0.1, -0.05) is 30.3 Å². The Morgan fingerprint density at radius 2 is 1.76 bits per heavy atom. The van der Waals surface area contributed by atoms with E-state index in [-0.39, 0.29) is 11.2 Å². The fourth-order valence-electron chi connectivity index (χ4n) is 1.71. The predicted molar refractivity (Wildman–Crippen MR) is 66.2 cm³/mol. The third-order valence-electron chi connectivity index (χ3n) is 2.66. The van der Waals surface area contributed by atoms with Gasteiger partial charge in [-0.25, -0.2) is 4.79 Å². The molecule has 0 aliphatic heterocycles. The van der Waals surface area contributed by atoms with Crippen LogP contribution >= 0.6 is 0 Å². The first-order chi connectivity index (χ1) is 8.22. The fraction of sp³-hybridized carbons (Fsp3) is 0.231. The smallest absolute Gasteiger partial charge is 0.301 e. The zero-order valence-electron chi connectivity index (χ0n) is 9.67. The van der Waals surface area contributed by atoms with Crippen molar-refractivity contribution >= 4 is 0 Å². The monoisotopic (exact) mass is 230 g/mol. The van der Waals surface area contributed by atoms with Gasteiger partial charge in [0.1, 0.15) is 0 Å². The minimum Gasteiger partial charge on any atom is -0.301 e. The van der Waals surface area contributed by atoms with Crippen molar-refractivity contribution in [2.45, 2.75) is 20.0 Å². The molecule has 1 aromatic heterocycles. The van der Waals surface area contributed by atoms with Crippen LogP contribution in [-0.4, -0.2) is 9.13 Å². The zero-order valence-corrected chi connectivity index (χ0v) is 9.67. The molecule has 1 heterocycles. The minimum atomic E-state index is -0.261. The maximum Gasteiger partial charge on any atom is 0.331 e. The van der Waals surface area contributed by atoms with E-state index in [4.69, 9.17) is 0 Å². The number of hydrogen-bond donors (Lipinski definition) is 0. The van der Waals surface area contributed by atoms with Crippen LogP contribution in [0.15, 0.2) is 52.2 Å². The Kier molecular flexibility index (Phi) is 3.23. The van der Waals surface area contributed by atoms with Crippen molar-refractivity contribution < 1.29 is 0 Å². The first-order valence-corrected chi connectivity index (χ1v) is 5.56. The highest BCUT2D eigenvalue weighted by atomic mass is 16.2. The summed E-state index contributed by atoms with van der Waals surface area (Å²) in [7, 11) is 0. The Morgan fingerprint density at radius 3 is 2.41 bits per heavy atom. The molecule has 0 spiro atoms. The Labute approximate surface area is 98.8 Å². The highest BCUT2D eigenvalue weighted by Gasteiger charge is 2.04. The van der Waals surface area contributed by atoms with E-state index in [0.717, 1.165) is 5.56 Å². The van der Waals surface area contributed by atoms with E-state index in [1.807, 2.05) is 37.3 Å². The second kappa shape index (κ2) is 4.82. The van der Waals surface area contributed by atoms with E-state index in [1.54, 1.807) is 0 Å². The molecule has 0 saturated heterocycles. The van der Waals surface area contributed by atoms with E-state index in [9.17, 15) is 9.59 Å². The topological polar surface area (TPSA) is 44.0 Å². The molecule has 2 aromatic rings. The SMILES string of the molecule is CCn1ccc(=O)n(Cc2ccccc2)c1=O. The molecule has 1 aromatic carbocycles. The number of aryl methyl sites for hydroxylation is 1. The molecule has 0 atom stereocenters. The molecule has 17 heavy (non-hydrogen) atoms. The minimum absolute atomic E-state index is 0.260. The average Bonchev–Trinajstić information content (AvgIpc) is 2.36. The lowest BCUT2D eigenvalue weighted by molar-refractivity contribution is 0.600. The summed E-state index contributed by atoms with van der Waals surface area (Å²) in [5.41, 5.74) is 0.424. The van der Waals surface area contributed by atoms with Gasteiger partial charge in [0.15, 0.2) is 0 Å². The summed E-state index contributed by atoms with van der Waals surface area (Å²) in [6, 6.07) is 10.9. The standard InChI is InChI=1S/C13H14N2O2/c1-2-14-9-8-12(16)15(13(14)17)10-11-6-4-3-5-7-11/h3-9H,2,10H2,1H3. The number of aromatic nitrogens is 2. The quantitative estimate of drug-likeness (QED) is 0.792. The fourth-order valence-corrected chi connectivity index (χ4v) is 1.71. The maximum atomic E-state index is 12.0. The summed E-state index contributed by atoms with van der Waals surface area (Å²) in [5.74, 6) is 0. The summed E-state index contributed by atoms with van der Waals surface area (Å²) in [4.78, 5) is 23.6. The third-order valence-corrected chi connectivity index (χ3v) is 2.66. The average molecular weight is 230 g/mol. The van der Waals surface area contributed by atoms with Gasteiger partial charge >= 0.3 is 5.69 Å². The van der Waals surface area contributed by atoms with Gasteiger partial charge < -0.3 is 4.57 Å². The van der Waals surface area contributed by atoms with Crippen molar-refractivity contribution in [1.82, 2.24) is 9.13 Å². The number of benzene rings is 1. The first kappa shape index (κ1) is 11.4. The van der Waals surface area contributed by atoms with Crippen LogP contribution in [0.25, 0.3) is 0 Å². The third kappa shape index (κ3) is 2.36. The first-order valence-electron chi connectivity index (χ1n) is 5.56. The predicted octanol–water partition coefficient (Wildman–Crippen LogP) is 1.08. The summed E-state index contributed by atoms with van der Waals surface area (Å²) in [5, 5.41) is 0. The molecule has 0 fully saturated rings. The molecule has 0 amide bonds. The van der Waals surface area contributed by atoms with Crippen LogP contribution in [0.5, 0.6) is 0 Å². The van der Waals surface area contributed by atoms with Crippen molar-refractivity contribution in [2.75, 3.05) is 0 Å². The summed E-state index contributed by atoms with van der Waals surface area (Å²) < 4.78 is 2.77. The van der Waals surface area contributed by atoms with Crippen LogP contribution in [0.1, 0.15) is 12.5 Å². The van der Waals surface area contributed by atoms with Gasteiger partial charge in [0.25, 0.3) is 5.56 Å². The number of rotatable bonds is 3. The van der Waals surface area contributed by atoms with Crippen molar-refractivity contribution in [3.05, 3.63) is 69.0 Å². The van der Waals surface area contributed by atoms with Gasteiger partial charge in [-0.2, -0.15) is 0 Å². The lowest BCUT2D eigenvalue weighted by Crippen LogP contribution is -2.38. The van der Waals surface area contributed by atoms with Crippen molar-refractivity contribution in [3.63, 3.8) is 0 Å². The van der Waals surface area contributed by atoms with Crippen molar-refractivity contribution in [3.8, 4) is 0 Å². The van der Waals surface area contributed by atoms with E-state index < -0.39 is 0 Å². The zero-order chi connectivity index (χ0) is 12.3. The molecule has 0 saturated carbocycles. The van der Waals surface area contributed by atoms with Gasteiger partial charge in [0.05, 0.1) is 6.54 Å². The largest absolute Gasteiger partial charge is 0.331 e. The molecular weight excluding hydrogens is 216 g/mol. The highest BCUT2D eigenvalue weighted by molar-refractivity contribution is 5.15. The van der Waals surface area contributed by atoms with Gasteiger partial charge in [0, 0.05) is 18.8 Å². The summed E-state index contributed by atoms with van der Waals surface area (Å²) in [6.07, 6.45) is 1.53. The highest BCUT2D eigenvalue weighted by Crippen LogP contribution is 1.98. The molecule has 0 bridgehead atoms. The lowest BCUT2D eigenvalue weighted by Gasteiger charge is -2.07. The summed E-state index contributed by atoms with van der Waals surface area (Å²) >= 11 is 0. The number of nitrogens with zero attached hydrogens (tertiary/aromatic N) is 2. The molecule has 0 N–H and O–H groups in total. The van der Waals surface area contributed by atoms with Gasteiger partial charge in [-0.15, -0.1) is 0 Å². The molecule has 0 aliphatic carbocycles. The summed E-state index contributed by atoms with van der Waals surface area (Å²) in [6.45, 7) is 2.76. The Bertz CT molecular complexity index is 611. The van der Waals surface area contributed by atoms with Crippen LogP contribution in [0.3, 0.4) is 0 Å². The van der Waals surface area contributed by atoms with Crippen molar-refractivity contribution in [1.29, 1.82) is 0 Å². The molecule has 4 heteroatoms. The van der Waals surface area contributed by atoms with Crippen LogP contribution in [0.2, 0.25) is 0 Å². The Morgan fingerprint density at radius 1 is 1.06 bits per heavy atom. The van der Waals surface area contributed by atoms with E-state index in [1.165, 1.54) is 21.4 Å².